The molecule has 0 bridgehead atoms. The van der Waals surface area contributed by atoms with Gasteiger partial charge in [0.2, 0.25) is 5.88 Å². The second kappa shape index (κ2) is 7.08. The second-order valence-corrected chi connectivity index (χ2v) is 6.37. The lowest BCUT2D eigenvalue weighted by Crippen LogP contribution is -2.22. The van der Waals surface area contributed by atoms with Gasteiger partial charge in [-0.1, -0.05) is 12.1 Å². The van der Waals surface area contributed by atoms with E-state index in [2.05, 4.69) is 21.5 Å². The molecule has 130 valence electrons. The average molecular weight is 359 g/mol. The van der Waals surface area contributed by atoms with Crippen molar-refractivity contribution >= 4 is 22.2 Å². The Kier molecular flexibility index (Phi) is 4.86. The molecule has 25 heavy (non-hydrogen) atoms. The Labute approximate surface area is 147 Å². The molecule has 1 atom stereocenters. The minimum Gasteiger partial charge on any atom is -0.609 e. The monoisotopic (exact) mass is 359 g/mol. The second-order valence-electron chi connectivity index (χ2n) is 5.10. The molecule has 9 heteroatoms. The molecule has 0 saturated carbocycles. The van der Waals surface area contributed by atoms with E-state index in [9.17, 15) is 9.35 Å². The minimum absolute atomic E-state index is 0.151. The number of ether oxygens (including phenoxy) is 1. The topological polar surface area (TPSA) is 97.9 Å². The average Bonchev–Trinajstić information content (AvgIpc) is 2.88. The molecule has 0 N–H and O–H groups in total. The zero-order valence-corrected chi connectivity index (χ0v) is 14.7. The smallest absolute Gasteiger partial charge is 0.344 e. The zero-order chi connectivity index (χ0) is 18.0. The van der Waals surface area contributed by atoms with Crippen LogP contribution in [0.2, 0.25) is 0 Å². The van der Waals surface area contributed by atoms with Crippen molar-refractivity contribution in [1.29, 1.82) is 0 Å². The van der Waals surface area contributed by atoms with E-state index in [-0.39, 0.29) is 17.3 Å². The summed E-state index contributed by atoms with van der Waals surface area (Å²) in [7, 11) is 0. The Bertz CT molecular complexity index is 980. The lowest BCUT2D eigenvalue weighted by molar-refractivity contribution is 0.326. The fraction of sp³-hybridized carbons (Fsp3) is 0.250. The van der Waals surface area contributed by atoms with Gasteiger partial charge < -0.3 is 9.29 Å². The van der Waals surface area contributed by atoms with E-state index in [0.717, 1.165) is 0 Å². The van der Waals surface area contributed by atoms with Crippen molar-refractivity contribution in [3.05, 3.63) is 47.4 Å². The van der Waals surface area contributed by atoms with Crippen molar-refractivity contribution in [2.75, 3.05) is 12.9 Å². The van der Waals surface area contributed by atoms with Crippen LogP contribution in [0.3, 0.4) is 0 Å². The third-order valence-corrected chi connectivity index (χ3v) is 4.14. The highest BCUT2D eigenvalue weighted by Crippen LogP contribution is 2.18. The molecule has 0 fully saturated rings. The van der Waals surface area contributed by atoms with Gasteiger partial charge in [0.15, 0.2) is 11.5 Å². The van der Waals surface area contributed by atoms with Crippen molar-refractivity contribution in [3.63, 3.8) is 0 Å². The van der Waals surface area contributed by atoms with Crippen LogP contribution in [0.5, 0.6) is 5.88 Å². The summed E-state index contributed by atoms with van der Waals surface area (Å²) in [4.78, 5) is 25.4. The van der Waals surface area contributed by atoms with Crippen molar-refractivity contribution in [1.82, 2.24) is 24.3 Å². The van der Waals surface area contributed by atoms with Crippen molar-refractivity contribution < 1.29 is 9.29 Å². The summed E-state index contributed by atoms with van der Waals surface area (Å²) in [5.41, 5.74) is 0.0696. The molecule has 0 aliphatic rings. The fourth-order valence-corrected chi connectivity index (χ4v) is 2.84. The predicted octanol–water partition coefficient (Wildman–Crippen LogP) is 1.30. The molecule has 3 heterocycles. The molecule has 3 rings (SSSR count). The van der Waals surface area contributed by atoms with Gasteiger partial charge in [0, 0.05) is 17.2 Å². The number of rotatable bonds is 6. The lowest BCUT2D eigenvalue weighted by Gasteiger charge is -2.11. The van der Waals surface area contributed by atoms with Gasteiger partial charge in [-0.3, -0.25) is 4.79 Å². The van der Waals surface area contributed by atoms with Crippen LogP contribution in [0.15, 0.2) is 47.0 Å². The number of hydrogen-bond acceptors (Lipinski definition) is 6. The maximum Gasteiger partial charge on any atom is 0.344 e. The Morgan fingerprint density at radius 3 is 2.88 bits per heavy atom. The Balaban J connectivity index is 2.32. The van der Waals surface area contributed by atoms with Gasteiger partial charge in [-0.05, 0) is 13.0 Å². The fourth-order valence-electron chi connectivity index (χ4n) is 2.42. The third kappa shape index (κ3) is 3.15. The molecule has 8 nitrogen and oxygen atoms in total. The van der Waals surface area contributed by atoms with Gasteiger partial charge in [0.25, 0.3) is 5.56 Å². The number of aromatic nitrogens is 5. The Hall–Kier alpha value is -2.65. The molecule has 0 radical (unpaired) electrons. The number of hydrogen-bond donors (Lipinski definition) is 0. The van der Waals surface area contributed by atoms with Gasteiger partial charge in [-0.2, -0.15) is 15.0 Å². The van der Waals surface area contributed by atoms with Gasteiger partial charge in [-0.25, -0.2) is 9.36 Å². The first-order chi connectivity index (χ1) is 12.1. The molecular formula is C16H17N5O3S. The number of fused-ring (bicyclic) bond motifs is 1. The Morgan fingerprint density at radius 2 is 2.20 bits per heavy atom. The summed E-state index contributed by atoms with van der Waals surface area (Å²) in [6, 6.07) is 5.25. The Morgan fingerprint density at radius 1 is 1.40 bits per heavy atom. The van der Waals surface area contributed by atoms with Crippen molar-refractivity contribution in [3.8, 4) is 11.7 Å². The van der Waals surface area contributed by atoms with Gasteiger partial charge >= 0.3 is 5.16 Å². The van der Waals surface area contributed by atoms with Crippen LogP contribution >= 0.6 is 0 Å². The molecule has 0 saturated heterocycles. The SMILES string of the molecule is C=CCn1c(=O)c2cnc([S+](C)[O-])nc2n1-c1cccc(OCC)n1. The lowest BCUT2D eigenvalue weighted by atomic mass is 10.4. The van der Waals surface area contributed by atoms with Crippen LogP contribution in [0, 0.1) is 0 Å². The highest BCUT2D eigenvalue weighted by Gasteiger charge is 2.20. The molecule has 3 aromatic heterocycles. The summed E-state index contributed by atoms with van der Waals surface area (Å²) in [6.07, 6.45) is 4.48. The van der Waals surface area contributed by atoms with Crippen LogP contribution in [-0.2, 0) is 17.7 Å². The molecule has 0 amide bonds. The highest BCUT2D eigenvalue weighted by atomic mass is 32.2. The molecule has 0 spiro atoms. The quantitative estimate of drug-likeness (QED) is 0.374. The van der Waals surface area contributed by atoms with E-state index in [1.807, 2.05) is 6.92 Å². The van der Waals surface area contributed by atoms with Crippen molar-refractivity contribution in [2.24, 2.45) is 0 Å². The summed E-state index contributed by atoms with van der Waals surface area (Å²) in [5, 5.41) is 0.470. The maximum absolute atomic E-state index is 12.7. The summed E-state index contributed by atoms with van der Waals surface area (Å²) in [6.45, 7) is 6.30. The molecule has 1 unspecified atom stereocenters. The van der Waals surface area contributed by atoms with Crippen LogP contribution in [0.1, 0.15) is 6.92 Å². The van der Waals surface area contributed by atoms with Gasteiger partial charge in [0.05, 0.1) is 19.3 Å². The van der Waals surface area contributed by atoms with Crippen LogP contribution in [0.4, 0.5) is 0 Å². The summed E-state index contributed by atoms with van der Waals surface area (Å²) in [5.74, 6) is 0.902. The van der Waals surface area contributed by atoms with Crippen LogP contribution < -0.4 is 10.3 Å². The number of nitrogens with zero attached hydrogens (tertiary/aromatic N) is 5. The molecule has 0 aliphatic heterocycles. The largest absolute Gasteiger partial charge is 0.609 e. The minimum atomic E-state index is -1.37. The molecule has 0 aromatic carbocycles. The summed E-state index contributed by atoms with van der Waals surface area (Å²) >= 11 is -1.37. The predicted molar refractivity (Wildman–Crippen MR) is 94.6 cm³/mol. The third-order valence-electron chi connectivity index (χ3n) is 3.43. The van der Waals surface area contributed by atoms with Gasteiger partial charge in [0.1, 0.15) is 11.6 Å². The first-order valence-corrected chi connectivity index (χ1v) is 9.15. The molecule has 3 aromatic rings. The number of pyridine rings is 1. The van der Waals surface area contributed by atoms with E-state index in [4.69, 9.17) is 4.74 Å². The van der Waals surface area contributed by atoms with Gasteiger partial charge in [-0.15, -0.1) is 6.58 Å². The standard InChI is InChI=1S/C16H17N5O3S/c1-4-9-20-15(22)11-10-17-16(25(3)23)19-14(11)21(20)12-7-6-8-13(18-12)24-5-2/h4,6-8,10H,1,5,9H2,2-3H3. The number of allylic oxidation sites excluding steroid dienone is 1. The normalized spacial score (nSPS) is 12.3. The van der Waals surface area contributed by atoms with E-state index in [1.54, 1.807) is 29.0 Å². The summed E-state index contributed by atoms with van der Waals surface area (Å²) < 4.78 is 20.2. The van der Waals surface area contributed by atoms with Crippen LogP contribution in [-0.4, -0.2) is 41.7 Å². The van der Waals surface area contributed by atoms with E-state index in [0.29, 0.717) is 29.3 Å². The molecule has 0 aliphatic carbocycles. The first kappa shape index (κ1) is 17.2. The zero-order valence-electron chi connectivity index (χ0n) is 13.9. The van der Waals surface area contributed by atoms with E-state index >= 15 is 0 Å². The van der Waals surface area contributed by atoms with E-state index < -0.39 is 11.2 Å². The van der Waals surface area contributed by atoms with Crippen molar-refractivity contribution in [2.45, 2.75) is 18.6 Å². The van der Waals surface area contributed by atoms with Crippen LogP contribution in [0.25, 0.3) is 16.9 Å². The first-order valence-electron chi connectivity index (χ1n) is 7.60. The maximum atomic E-state index is 12.7. The highest BCUT2D eigenvalue weighted by molar-refractivity contribution is 7.90. The molecular weight excluding hydrogens is 342 g/mol. The van der Waals surface area contributed by atoms with E-state index in [1.165, 1.54) is 17.1 Å².